The number of rotatable bonds is 5. The molecule has 2 aliphatic rings. The van der Waals surface area contributed by atoms with Crippen molar-refractivity contribution >= 4 is 35.5 Å². The monoisotopic (exact) mass is 332 g/mol. The first-order valence-corrected chi connectivity index (χ1v) is 9.83. The van der Waals surface area contributed by atoms with Gasteiger partial charge < -0.3 is 15.3 Å². The number of carbonyl (C=O) groups excluding carboxylic acids is 1. The van der Waals surface area contributed by atoms with Crippen LogP contribution in [0.1, 0.15) is 32.1 Å². The summed E-state index contributed by atoms with van der Waals surface area (Å²) in [6, 6.07) is 0.0736. The summed E-state index contributed by atoms with van der Waals surface area (Å²) in [5.41, 5.74) is 0. The first kappa shape index (κ1) is 16.8. The van der Waals surface area contributed by atoms with Crippen LogP contribution in [0.15, 0.2) is 0 Å². The summed E-state index contributed by atoms with van der Waals surface area (Å²) in [4.78, 5) is 24.9. The Balaban J connectivity index is 1.78. The van der Waals surface area contributed by atoms with Crippen LogP contribution >= 0.6 is 23.5 Å². The molecule has 2 aliphatic heterocycles. The summed E-state index contributed by atoms with van der Waals surface area (Å²) in [6.07, 6.45) is 3.74. The molecule has 120 valence electrons. The highest BCUT2D eigenvalue weighted by Gasteiger charge is 2.27. The molecular weight excluding hydrogens is 308 g/mol. The largest absolute Gasteiger partial charge is 0.481 e. The lowest BCUT2D eigenvalue weighted by Crippen LogP contribution is -2.50. The van der Waals surface area contributed by atoms with Gasteiger partial charge in [0.05, 0.1) is 0 Å². The summed E-state index contributed by atoms with van der Waals surface area (Å²) >= 11 is 3.89. The second-order valence-electron chi connectivity index (χ2n) is 5.53. The molecular formula is C14H24N2O3S2. The van der Waals surface area contributed by atoms with Gasteiger partial charge in [0.15, 0.2) is 0 Å². The quantitative estimate of drug-likeness (QED) is 0.808. The molecule has 0 spiro atoms. The third-order valence-corrected chi connectivity index (χ3v) is 6.79. The molecule has 0 aliphatic carbocycles. The Morgan fingerprint density at radius 1 is 1.29 bits per heavy atom. The second-order valence-corrected chi connectivity index (χ2v) is 8.09. The van der Waals surface area contributed by atoms with Crippen molar-refractivity contribution < 1.29 is 14.7 Å². The third-order valence-electron chi connectivity index (χ3n) is 3.95. The normalized spacial score (nSPS) is 26.4. The summed E-state index contributed by atoms with van der Waals surface area (Å²) < 4.78 is 0. The van der Waals surface area contributed by atoms with E-state index >= 15 is 0 Å². The van der Waals surface area contributed by atoms with Crippen molar-refractivity contribution in [3.05, 3.63) is 0 Å². The Kier molecular flexibility index (Phi) is 7.03. The van der Waals surface area contributed by atoms with E-state index in [-0.39, 0.29) is 18.5 Å². The third kappa shape index (κ3) is 5.62. The van der Waals surface area contributed by atoms with E-state index in [0.717, 1.165) is 43.9 Å². The van der Waals surface area contributed by atoms with E-state index in [2.05, 4.69) is 5.32 Å². The molecule has 2 amide bonds. The lowest BCUT2D eigenvalue weighted by molar-refractivity contribution is -0.137. The fourth-order valence-electron chi connectivity index (χ4n) is 2.82. The van der Waals surface area contributed by atoms with E-state index in [4.69, 9.17) is 5.11 Å². The number of likely N-dealkylation sites (tertiary alicyclic amines) is 1. The molecule has 21 heavy (non-hydrogen) atoms. The predicted octanol–water partition coefficient (Wildman–Crippen LogP) is 2.26. The van der Waals surface area contributed by atoms with E-state index in [0.29, 0.717) is 11.7 Å². The van der Waals surface area contributed by atoms with Crippen LogP contribution in [0.3, 0.4) is 0 Å². The number of urea groups is 1. The van der Waals surface area contributed by atoms with Gasteiger partial charge in [-0.3, -0.25) is 4.79 Å². The molecule has 0 saturated carbocycles. The fraction of sp³-hybridized carbons (Fsp3) is 0.857. The number of carbonyl (C=O) groups is 2. The standard InChI is InChI=1S/C14H24N2O3S2/c17-13(18)5-4-11-3-1-2-6-16(11)14(19)15-9-12-10-20-7-8-21-12/h11-12H,1-10H2,(H,15,19)(H,17,18). The van der Waals surface area contributed by atoms with Crippen molar-refractivity contribution in [2.75, 3.05) is 30.3 Å². The minimum atomic E-state index is -0.781. The highest BCUT2D eigenvalue weighted by molar-refractivity contribution is 8.06. The maximum atomic E-state index is 12.3. The molecule has 2 saturated heterocycles. The molecule has 0 aromatic rings. The van der Waals surface area contributed by atoms with Crippen LogP contribution in [0.5, 0.6) is 0 Å². The van der Waals surface area contributed by atoms with Gasteiger partial charge in [-0.05, 0) is 25.7 Å². The summed E-state index contributed by atoms with van der Waals surface area (Å²) in [5, 5.41) is 12.4. The lowest BCUT2D eigenvalue weighted by atomic mass is 9.98. The van der Waals surface area contributed by atoms with Crippen molar-refractivity contribution in [1.29, 1.82) is 0 Å². The van der Waals surface area contributed by atoms with E-state index in [9.17, 15) is 9.59 Å². The zero-order valence-corrected chi connectivity index (χ0v) is 13.9. The zero-order chi connectivity index (χ0) is 15.1. The molecule has 2 atom stereocenters. The van der Waals surface area contributed by atoms with Crippen LogP contribution < -0.4 is 5.32 Å². The Morgan fingerprint density at radius 3 is 2.86 bits per heavy atom. The Bertz CT molecular complexity index is 362. The molecule has 2 unspecified atom stereocenters. The van der Waals surface area contributed by atoms with Gasteiger partial charge >= 0.3 is 12.0 Å². The number of thioether (sulfide) groups is 2. The number of hydrogen-bond acceptors (Lipinski definition) is 4. The minimum absolute atomic E-state index is 0.0127. The molecule has 0 radical (unpaired) electrons. The van der Waals surface area contributed by atoms with Crippen LogP contribution in [-0.2, 0) is 4.79 Å². The van der Waals surface area contributed by atoms with Crippen molar-refractivity contribution in [3.63, 3.8) is 0 Å². The first-order valence-electron chi connectivity index (χ1n) is 7.62. The summed E-state index contributed by atoms with van der Waals surface area (Å²) in [6.45, 7) is 1.47. The number of carboxylic acids is 1. The Labute approximate surface area is 134 Å². The van der Waals surface area contributed by atoms with Gasteiger partial charge in [0.25, 0.3) is 0 Å². The highest BCUT2D eigenvalue weighted by Crippen LogP contribution is 2.24. The number of nitrogens with one attached hydrogen (secondary N) is 1. The molecule has 0 aromatic carbocycles. The number of carboxylic acid groups (broad SMARTS) is 1. The van der Waals surface area contributed by atoms with E-state index in [1.165, 1.54) is 5.75 Å². The van der Waals surface area contributed by atoms with Gasteiger partial charge in [0.1, 0.15) is 0 Å². The summed E-state index contributed by atoms with van der Waals surface area (Å²) in [5.74, 6) is 2.69. The van der Waals surface area contributed by atoms with Crippen LogP contribution in [0, 0.1) is 0 Å². The van der Waals surface area contributed by atoms with Crippen molar-refractivity contribution in [3.8, 4) is 0 Å². The van der Waals surface area contributed by atoms with Gasteiger partial charge in [-0.15, -0.1) is 0 Å². The summed E-state index contributed by atoms with van der Waals surface area (Å²) in [7, 11) is 0. The van der Waals surface area contributed by atoms with Crippen LogP contribution in [0.25, 0.3) is 0 Å². The van der Waals surface area contributed by atoms with E-state index in [1.54, 1.807) is 0 Å². The van der Waals surface area contributed by atoms with Gasteiger partial charge in [-0.1, -0.05) is 0 Å². The number of nitrogens with zero attached hydrogens (tertiary/aromatic N) is 1. The maximum Gasteiger partial charge on any atom is 0.317 e. The number of aliphatic carboxylic acids is 1. The molecule has 2 N–H and O–H groups in total. The Hall–Kier alpha value is -0.560. The number of hydrogen-bond donors (Lipinski definition) is 2. The topological polar surface area (TPSA) is 69.6 Å². The van der Waals surface area contributed by atoms with Gasteiger partial charge in [0, 0.05) is 48.1 Å². The fourth-order valence-corrected chi connectivity index (χ4v) is 5.43. The first-order chi connectivity index (χ1) is 10.2. The van der Waals surface area contributed by atoms with Crippen molar-refractivity contribution in [2.24, 2.45) is 0 Å². The van der Waals surface area contributed by atoms with Gasteiger partial charge in [-0.2, -0.15) is 23.5 Å². The van der Waals surface area contributed by atoms with Crippen LogP contribution in [0.2, 0.25) is 0 Å². The average molecular weight is 332 g/mol. The Morgan fingerprint density at radius 2 is 2.14 bits per heavy atom. The van der Waals surface area contributed by atoms with E-state index < -0.39 is 5.97 Å². The van der Waals surface area contributed by atoms with Crippen LogP contribution in [-0.4, -0.2) is 63.6 Å². The van der Waals surface area contributed by atoms with Crippen molar-refractivity contribution in [2.45, 2.75) is 43.4 Å². The van der Waals surface area contributed by atoms with Crippen molar-refractivity contribution in [1.82, 2.24) is 10.2 Å². The SMILES string of the molecule is O=C(O)CCC1CCCCN1C(=O)NCC1CSCCS1. The van der Waals surface area contributed by atoms with Crippen LogP contribution in [0.4, 0.5) is 4.79 Å². The molecule has 7 heteroatoms. The number of piperidine rings is 1. The van der Waals surface area contributed by atoms with E-state index in [1.807, 2.05) is 28.4 Å². The average Bonchev–Trinajstić information content (AvgIpc) is 2.52. The highest BCUT2D eigenvalue weighted by atomic mass is 32.2. The molecule has 0 aromatic heterocycles. The molecule has 5 nitrogen and oxygen atoms in total. The molecule has 2 fully saturated rings. The predicted molar refractivity (Wildman–Crippen MR) is 88.2 cm³/mol. The maximum absolute atomic E-state index is 12.3. The second kappa shape index (κ2) is 8.78. The lowest BCUT2D eigenvalue weighted by Gasteiger charge is -2.36. The molecule has 2 rings (SSSR count). The van der Waals surface area contributed by atoms with Gasteiger partial charge in [0.2, 0.25) is 0 Å². The minimum Gasteiger partial charge on any atom is -0.481 e. The molecule has 0 bridgehead atoms. The van der Waals surface area contributed by atoms with Gasteiger partial charge in [-0.25, -0.2) is 4.79 Å². The molecule has 2 heterocycles. The number of amides is 2. The smallest absolute Gasteiger partial charge is 0.317 e. The zero-order valence-electron chi connectivity index (χ0n) is 12.3.